The number of carbonyl (C=O) groups excluding carboxylic acids is 2. The molecule has 1 aliphatic rings. The minimum Gasteiger partial charge on any atom is -0.483 e. The summed E-state index contributed by atoms with van der Waals surface area (Å²) in [6, 6.07) is 23.2. The van der Waals surface area contributed by atoms with Gasteiger partial charge in [0.15, 0.2) is 17.6 Å². The molecule has 3 aromatic carbocycles. The smallest absolute Gasteiger partial charge is 0.311 e. The van der Waals surface area contributed by atoms with Crippen LogP contribution in [0.15, 0.2) is 88.1 Å². The maximum atomic E-state index is 13.3. The van der Waals surface area contributed by atoms with E-state index < -0.39 is 29.7 Å². The van der Waals surface area contributed by atoms with Gasteiger partial charge >= 0.3 is 11.9 Å². The van der Waals surface area contributed by atoms with Gasteiger partial charge in [0.25, 0.3) is 0 Å². The minimum absolute atomic E-state index is 0.0214. The zero-order valence-electron chi connectivity index (χ0n) is 22.1. The molecule has 4 aromatic rings. The second-order valence-electron chi connectivity index (χ2n) is 10.1. The van der Waals surface area contributed by atoms with Gasteiger partial charge in [0, 0.05) is 12.5 Å². The third kappa shape index (κ3) is 5.58. The van der Waals surface area contributed by atoms with Crippen LogP contribution in [0.25, 0.3) is 11.0 Å². The first-order chi connectivity index (χ1) is 18.7. The molecule has 0 radical (unpaired) electrons. The Bertz CT molecular complexity index is 1550. The van der Waals surface area contributed by atoms with Gasteiger partial charge in [0.2, 0.25) is 0 Å². The molecule has 1 aromatic heterocycles. The summed E-state index contributed by atoms with van der Waals surface area (Å²) in [6.07, 6.45) is -1.53. The van der Waals surface area contributed by atoms with Crippen LogP contribution in [-0.2, 0) is 38.3 Å². The second kappa shape index (κ2) is 10.8. The van der Waals surface area contributed by atoms with Crippen LogP contribution in [0, 0.1) is 0 Å². The van der Waals surface area contributed by atoms with Crippen molar-refractivity contribution in [1.29, 1.82) is 0 Å². The summed E-state index contributed by atoms with van der Waals surface area (Å²) >= 11 is 0. The Morgan fingerprint density at radius 1 is 0.846 bits per heavy atom. The van der Waals surface area contributed by atoms with Crippen molar-refractivity contribution in [3.8, 4) is 5.75 Å². The normalized spacial score (nSPS) is 17.6. The van der Waals surface area contributed by atoms with Crippen molar-refractivity contribution in [2.45, 2.75) is 57.8 Å². The quantitative estimate of drug-likeness (QED) is 0.293. The SMILES string of the molecule is CCc1cc(=O)c2ccc3c(c2o1)[C@@H](OC(=O)Cc1ccccc1)[C@@H](OC(=O)Cc1ccccc1)C(C)(C)O3. The summed E-state index contributed by atoms with van der Waals surface area (Å²) in [4.78, 5) is 39.3. The van der Waals surface area contributed by atoms with E-state index >= 15 is 0 Å². The number of fused-ring (bicyclic) bond motifs is 3. The lowest BCUT2D eigenvalue weighted by Gasteiger charge is -2.43. The molecule has 0 saturated carbocycles. The van der Waals surface area contributed by atoms with Crippen LogP contribution in [0.3, 0.4) is 0 Å². The van der Waals surface area contributed by atoms with Crippen LogP contribution >= 0.6 is 0 Å². The largest absolute Gasteiger partial charge is 0.483 e. The van der Waals surface area contributed by atoms with Crippen LogP contribution < -0.4 is 10.2 Å². The average molecular weight is 527 g/mol. The van der Waals surface area contributed by atoms with E-state index in [1.54, 1.807) is 26.0 Å². The Morgan fingerprint density at radius 3 is 2.03 bits per heavy atom. The van der Waals surface area contributed by atoms with Crippen molar-refractivity contribution in [3.05, 3.63) is 112 Å². The highest BCUT2D eigenvalue weighted by Gasteiger charge is 2.50. The number of aryl methyl sites for hydroxylation is 1. The molecule has 0 unspecified atom stereocenters. The maximum absolute atomic E-state index is 13.3. The Kier molecular flexibility index (Phi) is 7.24. The van der Waals surface area contributed by atoms with E-state index in [1.807, 2.05) is 67.6 Å². The summed E-state index contributed by atoms with van der Waals surface area (Å²) < 4.78 is 24.5. The van der Waals surface area contributed by atoms with Gasteiger partial charge in [-0.05, 0) is 37.1 Å². The Hall–Kier alpha value is -4.39. The fraction of sp³-hybridized carbons (Fsp3) is 0.281. The summed E-state index contributed by atoms with van der Waals surface area (Å²) in [5, 5.41) is 0.327. The van der Waals surface area contributed by atoms with E-state index in [9.17, 15) is 14.4 Å². The lowest BCUT2D eigenvalue weighted by atomic mass is 9.87. The van der Waals surface area contributed by atoms with Crippen LogP contribution in [-0.4, -0.2) is 23.6 Å². The standard InChI is InChI=1S/C32H30O7/c1-4-22-19-24(33)23-15-16-25-28(29(23)36-22)30(37-26(34)17-20-11-7-5-8-12-20)31(32(2,3)39-25)38-27(35)18-21-13-9-6-10-14-21/h5-16,19,30-31H,4,17-18H2,1-3H3/t30-,31-/m1/s1. The third-order valence-corrected chi connectivity index (χ3v) is 6.81. The lowest BCUT2D eigenvalue weighted by molar-refractivity contribution is -0.189. The molecule has 39 heavy (non-hydrogen) atoms. The summed E-state index contributed by atoms with van der Waals surface area (Å²) in [5.41, 5.74) is 0.927. The average Bonchev–Trinajstić information content (AvgIpc) is 2.91. The van der Waals surface area contributed by atoms with Crippen LogP contribution in [0.1, 0.15) is 49.3 Å². The third-order valence-electron chi connectivity index (χ3n) is 6.81. The molecule has 0 spiro atoms. The Balaban J connectivity index is 1.58. The van der Waals surface area contributed by atoms with Gasteiger partial charge in [-0.15, -0.1) is 0 Å². The topological polar surface area (TPSA) is 92.0 Å². The van der Waals surface area contributed by atoms with Crippen molar-refractivity contribution in [2.24, 2.45) is 0 Å². The van der Waals surface area contributed by atoms with Gasteiger partial charge in [0.1, 0.15) is 22.7 Å². The monoisotopic (exact) mass is 526 g/mol. The van der Waals surface area contributed by atoms with Gasteiger partial charge in [0.05, 0.1) is 23.8 Å². The minimum atomic E-state index is -1.07. The highest BCUT2D eigenvalue weighted by atomic mass is 16.6. The summed E-state index contributed by atoms with van der Waals surface area (Å²) in [6.45, 7) is 5.43. The fourth-order valence-electron chi connectivity index (χ4n) is 4.88. The lowest BCUT2D eigenvalue weighted by Crippen LogP contribution is -2.52. The molecule has 0 fully saturated rings. The van der Waals surface area contributed by atoms with Crippen LogP contribution in [0.4, 0.5) is 0 Å². The van der Waals surface area contributed by atoms with E-state index in [4.69, 9.17) is 18.6 Å². The zero-order chi connectivity index (χ0) is 27.6. The van der Waals surface area contributed by atoms with E-state index in [0.717, 1.165) is 11.1 Å². The van der Waals surface area contributed by atoms with Gasteiger partial charge in [-0.1, -0.05) is 67.6 Å². The molecule has 7 nitrogen and oxygen atoms in total. The first-order valence-electron chi connectivity index (χ1n) is 13.0. The molecule has 0 saturated heterocycles. The molecular weight excluding hydrogens is 496 g/mol. The molecule has 5 rings (SSSR count). The number of esters is 2. The molecule has 0 aliphatic carbocycles. The number of hydrogen-bond donors (Lipinski definition) is 0. The Morgan fingerprint density at radius 2 is 1.44 bits per heavy atom. The number of carbonyl (C=O) groups is 2. The first kappa shape index (κ1) is 26.2. The van der Waals surface area contributed by atoms with Crippen LogP contribution in [0.5, 0.6) is 5.75 Å². The van der Waals surface area contributed by atoms with Crippen molar-refractivity contribution in [1.82, 2.24) is 0 Å². The van der Waals surface area contributed by atoms with Crippen LogP contribution in [0.2, 0.25) is 0 Å². The van der Waals surface area contributed by atoms with Crippen molar-refractivity contribution >= 4 is 22.9 Å². The summed E-state index contributed by atoms with van der Waals surface area (Å²) in [7, 11) is 0. The Labute approximate surface area is 226 Å². The van der Waals surface area contributed by atoms with E-state index in [2.05, 4.69) is 0 Å². The van der Waals surface area contributed by atoms with Crippen molar-refractivity contribution < 1.29 is 28.2 Å². The van der Waals surface area contributed by atoms with Crippen molar-refractivity contribution in [3.63, 3.8) is 0 Å². The molecule has 2 atom stereocenters. The highest BCUT2D eigenvalue weighted by molar-refractivity contribution is 5.84. The molecule has 200 valence electrons. The molecule has 1 aliphatic heterocycles. The second-order valence-corrected chi connectivity index (χ2v) is 10.1. The van der Waals surface area contributed by atoms with Crippen molar-refractivity contribution in [2.75, 3.05) is 0 Å². The number of ether oxygens (including phenoxy) is 3. The number of rotatable bonds is 7. The zero-order valence-corrected chi connectivity index (χ0v) is 22.1. The van der Waals surface area contributed by atoms with E-state index in [1.165, 1.54) is 6.07 Å². The molecule has 0 bridgehead atoms. The first-order valence-corrected chi connectivity index (χ1v) is 13.0. The van der Waals surface area contributed by atoms with Gasteiger partial charge < -0.3 is 18.6 Å². The number of hydrogen-bond acceptors (Lipinski definition) is 7. The molecule has 0 N–H and O–H groups in total. The molecule has 7 heteroatoms. The van der Waals surface area contributed by atoms with Gasteiger partial charge in [-0.3, -0.25) is 14.4 Å². The molecule has 0 amide bonds. The summed E-state index contributed by atoms with van der Waals surface area (Å²) in [5.74, 6) is -0.120. The number of benzene rings is 3. The van der Waals surface area contributed by atoms with E-state index in [-0.39, 0.29) is 23.9 Å². The predicted octanol–water partition coefficient (Wildman–Crippen LogP) is 5.51. The van der Waals surface area contributed by atoms with Gasteiger partial charge in [-0.25, -0.2) is 0 Å². The predicted molar refractivity (Wildman–Crippen MR) is 146 cm³/mol. The molecular formula is C32H30O7. The highest BCUT2D eigenvalue weighted by Crippen LogP contribution is 2.46. The molecule has 2 heterocycles. The van der Waals surface area contributed by atoms with E-state index in [0.29, 0.717) is 28.9 Å². The fourth-order valence-corrected chi connectivity index (χ4v) is 4.88. The van der Waals surface area contributed by atoms with Gasteiger partial charge in [-0.2, -0.15) is 0 Å². The maximum Gasteiger partial charge on any atom is 0.311 e.